The van der Waals surface area contributed by atoms with E-state index in [1.807, 2.05) is 0 Å². The smallest absolute Gasteiger partial charge is 0.303 e. The second kappa shape index (κ2) is 12.3. The van der Waals surface area contributed by atoms with Gasteiger partial charge in [-0.15, -0.1) is 0 Å². The molecular weight excluding hydrogens is 588 g/mol. The van der Waals surface area contributed by atoms with E-state index < -0.39 is 96.3 Å². The van der Waals surface area contributed by atoms with Gasteiger partial charge in [0.25, 0.3) is 0 Å². The van der Waals surface area contributed by atoms with Crippen LogP contribution in [-0.4, -0.2) is 109 Å². The van der Waals surface area contributed by atoms with Gasteiger partial charge >= 0.3 is 5.97 Å². The molecular formula is C29H32O15. The largest absolute Gasteiger partial charge is 0.508 e. The number of carbonyl (C=O) groups excluding carboxylic acids is 1. The molecule has 2 saturated heterocycles. The summed E-state index contributed by atoms with van der Waals surface area (Å²) in [5.41, 5.74) is -1.13. The number of fused-ring (bicyclic) bond motifs is 1. The molecule has 44 heavy (non-hydrogen) atoms. The van der Waals surface area contributed by atoms with Gasteiger partial charge in [-0.05, 0) is 31.2 Å². The SMILES string of the molecule is CC(=O)OC1C(C)OC(OC2C(c3c(O)cc(O)c4c(=O)cc(-c5ccc(O)cc5)oc34)OC(CO)C(O)C2O)C(O)C1O. The van der Waals surface area contributed by atoms with Gasteiger partial charge in [-0.2, -0.15) is 0 Å². The molecule has 0 bridgehead atoms. The first-order valence-corrected chi connectivity index (χ1v) is 13.6. The molecule has 2 aromatic carbocycles. The van der Waals surface area contributed by atoms with E-state index in [-0.39, 0.29) is 22.5 Å². The third-order valence-electron chi connectivity index (χ3n) is 7.67. The van der Waals surface area contributed by atoms with Crippen LogP contribution in [0, 0.1) is 0 Å². The number of phenolic OH excluding ortho intramolecular Hbond substituents is 3. The molecule has 0 spiro atoms. The van der Waals surface area contributed by atoms with E-state index in [1.54, 1.807) is 0 Å². The maximum atomic E-state index is 13.2. The number of aliphatic hydroxyl groups is 5. The molecule has 2 aliphatic rings. The molecule has 15 nitrogen and oxygen atoms in total. The van der Waals surface area contributed by atoms with Crippen LogP contribution in [0.3, 0.4) is 0 Å². The second-order valence-corrected chi connectivity index (χ2v) is 10.7. The summed E-state index contributed by atoms with van der Waals surface area (Å²) in [6.07, 6.45) is -16.0. The number of aliphatic hydroxyl groups excluding tert-OH is 5. The van der Waals surface area contributed by atoms with Crippen LogP contribution in [0.1, 0.15) is 25.5 Å². The number of hydrogen-bond donors (Lipinski definition) is 8. The maximum absolute atomic E-state index is 13.2. The molecule has 3 aromatic rings. The monoisotopic (exact) mass is 620 g/mol. The molecule has 238 valence electrons. The van der Waals surface area contributed by atoms with Gasteiger partial charge < -0.3 is 64.2 Å². The molecule has 1 aromatic heterocycles. The Morgan fingerprint density at radius 1 is 0.886 bits per heavy atom. The molecule has 0 aliphatic carbocycles. The normalized spacial score (nSPS) is 32.4. The van der Waals surface area contributed by atoms with Crippen LogP contribution < -0.4 is 5.43 Å². The van der Waals surface area contributed by atoms with Gasteiger partial charge in [-0.1, -0.05) is 0 Å². The molecule has 2 aliphatic heterocycles. The first-order valence-electron chi connectivity index (χ1n) is 13.6. The van der Waals surface area contributed by atoms with Crippen molar-refractivity contribution in [3.63, 3.8) is 0 Å². The molecule has 0 saturated carbocycles. The lowest BCUT2D eigenvalue weighted by molar-refractivity contribution is -0.338. The van der Waals surface area contributed by atoms with E-state index in [4.69, 9.17) is 23.4 Å². The first-order chi connectivity index (χ1) is 20.8. The number of phenols is 3. The summed E-state index contributed by atoms with van der Waals surface area (Å²) in [7, 11) is 0. The lowest BCUT2D eigenvalue weighted by atomic mass is 9.89. The highest BCUT2D eigenvalue weighted by Crippen LogP contribution is 2.45. The van der Waals surface area contributed by atoms with Gasteiger partial charge in [-0.25, -0.2) is 0 Å². The van der Waals surface area contributed by atoms with Crippen molar-refractivity contribution in [1.29, 1.82) is 0 Å². The van der Waals surface area contributed by atoms with Gasteiger partial charge in [0.05, 0.1) is 18.3 Å². The van der Waals surface area contributed by atoms with Gasteiger partial charge in [0, 0.05) is 24.6 Å². The summed E-state index contributed by atoms with van der Waals surface area (Å²) in [6.45, 7) is 1.73. The lowest BCUT2D eigenvalue weighted by Crippen LogP contribution is -2.62. The van der Waals surface area contributed by atoms with Crippen molar-refractivity contribution in [1.82, 2.24) is 0 Å². The number of hydrogen-bond acceptors (Lipinski definition) is 15. The van der Waals surface area contributed by atoms with E-state index in [2.05, 4.69) is 0 Å². The van der Waals surface area contributed by atoms with Crippen molar-refractivity contribution in [2.75, 3.05) is 6.61 Å². The Labute approximate surface area is 248 Å². The van der Waals surface area contributed by atoms with E-state index in [0.717, 1.165) is 19.1 Å². The average Bonchev–Trinajstić information content (AvgIpc) is 2.96. The minimum atomic E-state index is -1.88. The van der Waals surface area contributed by atoms with Crippen LogP contribution in [0.25, 0.3) is 22.3 Å². The number of esters is 1. The van der Waals surface area contributed by atoms with Crippen LogP contribution >= 0.6 is 0 Å². The molecule has 8 N–H and O–H groups in total. The summed E-state index contributed by atoms with van der Waals surface area (Å²) in [4.78, 5) is 24.7. The second-order valence-electron chi connectivity index (χ2n) is 10.7. The molecule has 3 heterocycles. The zero-order valence-electron chi connectivity index (χ0n) is 23.4. The van der Waals surface area contributed by atoms with E-state index in [9.17, 15) is 50.4 Å². The first kappa shape index (κ1) is 31.6. The highest BCUT2D eigenvalue weighted by Gasteiger charge is 2.52. The Kier molecular flexibility index (Phi) is 8.84. The predicted octanol–water partition coefficient (Wildman–Crippen LogP) is -0.486. The van der Waals surface area contributed by atoms with Crippen molar-refractivity contribution in [3.8, 4) is 28.6 Å². The lowest BCUT2D eigenvalue weighted by Gasteiger charge is -2.46. The molecule has 0 amide bonds. The molecule has 10 atom stereocenters. The highest BCUT2D eigenvalue weighted by molar-refractivity contribution is 5.89. The van der Waals surface area contributed by atoms with Crippen LogP contribution in [-0.2, 0) is 23.7 Å². The Morgan fingerprint density at radius 3 is 2.18 bits per heavy atom. The molecule has 15 heteroatoms. The Morgan fingerprint density at radius 2 is 1.55 bits per heavy atom. The Balaban J connectivity index is 1.62. The molecule has 10 unspecified atom stereocenters. The van der Waals surface area contributed by atoms with Crippen LogP contribution in [0.2, 0.25) is 0 Å². The zero-order chi connectivity index (χ0) is 32.0. The van der Waals surface area contributed by atoms with Gasteiger partial charge in [-0.3, -0.25) is 9.59 Å². The van der Waals surface area contributed by atoms with Gasteiger partial charge in [0.15, 0.2) is 23.4 Å². The molecule has 2 fully saturated rings. The minimum Gasteiger partial charge on any atom is -0.508 e. The summed E-state index contributed by atoms with van der Waals surface area (Å²) >= 11 is 0. The van der Waals surface area contributed by atoms with Gasteiger partial charge in [0.1, 0.15) is 71.1 Å². The summed E-state index contributed by atoms with van der Waals surface area (Å²) in [5, 5.41) is 84.0. The topological polar surface area (TPSA) is 246 Å². The fourth-order valence-electron chi connectivity index (χ4n) is 5.47. The number of benzene rings is 2. The van der Waals surface area contributed by atoms with Gasteiger partial charge in [0.2, 0.25) is 0 Å². The third kappa shape index (κ3) is 5.71. The zero-order valence-corrected chi connectivity index (χ0v) is 23.4. The summed E-state index contributed by atoms with van der Waals surface area (Å²) in [6, 6.07) is 7.49. The molecule has 5 rings (SSSR count). The van der Waals surface area contributed by atoms with Crippen LogP contribution in [0.5, 0.6) is 17.2 Å². The maximum Gasteiger partial charge on any atom is 0.303 e. The Bertz CT molecular complexity index is 1570. The van der Waals surface area contributed by atoms with Crippen molar-refractivity contribution in [2.45, 2.75) is 75.1 Å². The predicted molar refractivity (Wildman–Crippen MR) is 146 cm³/mol. The van der Waals surface area contributed by atoms with Crippen molar-refractivity contribution in [3.05, 3.63) is 52.2 Å². The Hall–Kier alpha value is -3.80. The number of ether oxygens (including phenoxy) is 4. The number of aromatic hydroxyl groups is 3. The average molecular weight is 621 g/mol. The van der Waals surface area contributed by atoms with E-state index in [1.165, 1.54) is 31.2 Å². The standard InChI is InChI=1S/C29H32O15/c1-10-25(41-11(2)31)23(38)24(39)29(40-10)44-28-22(37)21(36)18(9-30)43-27(28)20-15(34)7-14(33)19-16(35)8-17(42-26(19)20)12-3-5-13(32)6-4-12/h3-8,10,18,21-25,27-30,32-34,36-39H,9H2,1-2H3. The van der Waals surface area contributed by atoms with Crippen molar-refractivity contribution in [2.24, 2.45) is 0 Å². The molecule has 0 radical (unpaired) electrons. The number of carbonyl (C=O) groups is 1. The quantitative estimate of drug-likeness (QED) is 0.162. The van der Waals surface area contributed by atoms with Crippen LogP contribution in [0.15, 0.2) is 45.6 Å². The van der Waals surface area contributed by atoms with Crippen molar-refractivity contribution < 1.29 is 69.0 Å². The third-order valence-corrected chi connectivity index (χ3v) is 7.67. The van der Waals surface area contributed by atoms with E-state index >= 15 is 0 Å². The summed E-state index contributed by atoms with van der Waals surface area (Å²) < 4.78 is 28.4. The fraction of sp³-hybridized carbons (Fsp3) is 0.448. The summed E-state index contributed by atoms with van der Waals surface area (Å²) in [5.74, 6) is -2.18. The minimum absolute atomic E-state index is 0.0409. The fourth-order valence-corrected chi connectivity index (χ4v) is 5.47. The number of rotatable bonds is 6. The van der Waals surface area contributed by atoms with Crippen LogP contribution in [0.4, 0.5) is 0 Å². The highest BCUT2D eigenvalue weighted by atomic mass is 16.7. The van der Waals surface area contributed by atoms with E-state index in [0.29, 0.717) is 5.56 Å². The van der Waals surface area contributed by atoms with Crippen molar-refractivity contribution >= 4 is 16.9 Å².